The Morgan fingerprint density at radius 1 is 0.857 bits per heavy atom. The lowest BCUT2D eigenvalue weighted by Crippen LogP contribution is -2.33. The van der Waals surface area contributed by atoms with Crippen molar-refractivity contribution < 1.29 is 23.1 Å². The van der Waals surface area contributed by atoms with Crippen molar-refractivity contribution in [2.24, 2.45) is 0 Å². The molecule has 0 aliphatic heterocycles. The van der Waals surface area contributed by atoms with E-state index in [1.807, 2.05) is 60.7 Å². The SMILES string of the molecule is O=C(COC(=O)c1ccc(F)cc1F)NC(c1ccccc1)c1ccccc1. The maximum Gasteiger partial charge on any atom is 0.341 e. The Hall–Kier alpha value is -3.54. The van der Waals surface area contributed by atoms with Crippen LogP contribution >= 0.6 is 0 Å². The molecule has 1 amide bonds. The second-order valence-corrected chi connectivity index (χ2v) is 6.02. The molecule has 28 heavy (non-hydrogen) atoms. The number of benzene rings is 3. The summed E-state index contributed by atoms with van der Waals surface area (Å²) in [5.74, 6) is -3.44. The van der Waals surface area contributed by atoms with Gasteiger partial charge in [0.1, 0.15) is 11.6 Å². The van der Waals surface area contributed by atoms with Gasteiger partial charge in [-0.15, -0.1) is 0 Å². The molecule has 0 saturated heterocycles. The van der Waals surface area contributed by atoms with E-state index in [1.54, 1.807) is 0 Å². The van der Waals surface area contributed by atoms with Crippen molar-refractivity contribution in [3.63, 3.8) is 0 Å². The lowest BCUT2D eigenvalue weighted by molar-refractivity contribution is -0.124. The lowest BCUT2D eigenvalue weighted by atomic mass is 9.99. The maximum atomic E-state index is 13.6. The van der Waals surface area contributed by atoms with E-state index in [-0.39, 0.29) is 0 Å². The molecule has 142 valence electrons. The van der Waals surface area contributed by atoms with Crippen LogP contribution in [0.5, 0.6) is 0 Å². The number of rotatable bonds is 6. The fourth-order valence-electron chi connectivity index (χ4n) is 2.72. The molecule has 0 atom stereocenters. The van der Waals surface area contributed by atoms with E-state index in [1.165, 1.54) is 0 Å². The summed E-state index contributed by atoms with van der Waals surface area (Å²) >= 11 is 0. The number of halogens is 2. The van der Waals surface area contributed by atoms with Crippen molar-refractivity contribution in [2.45, 2.75) is 6.04 Å². The first-order valence-electron chi connectivity index (χ1n) is 8.56. The second-order valence-electron chi connectivity index (χ2n) is 6.02. The fraction of sp³-hybridized carbons (Fsp3) is 0.0909. The minimum absolute atomic E-state index is 0.433. The molecule has 0 bridgehead atoms. The highest BCUT2D eigenvalue weighted by Crippen LogP contribution is 2.21. The van der Waals surface area contributed by atoms with Gasteiger partial charge in [0.2, 0.25) is 0 Å². The van der Waals surface area contributed by atoms with Crippen LogP contribution < -0.4 is 5.32 Å². The number of carbonyl (C=O) groups excluding carboxylic acids is 2. The van der Waals surface area contributed by atoms with Gasteiger partial charge in [0.15, 0.2) is 6.61 Å². The maximum absolute atomic E-state index is 13.6. The van der Waals surface area contributed by atoms with Crippen LogP contribution in [0.15, 0.2) is 78.9 Å². The normalized spacial score (nSPS) is 10.5. The Labute approximate surface area is 160 Å². The molecule has 3 rings (SSSR count). The molecule has 6 heteroatoms. The van der Waals surface area contributed by atoms with Crippen molar-refractivity contribution in [3.05, 3.63) is 107 Å². The van der Waals surface area contributed by atoms with E-state index >= 15 is 0 Å². The highest BCUT2D eigenvalue weighted by Gasteiger charge is 2.19. The molecule has 0 spiro atoms. The van der Waals surface area contributed by atoms with Crippen molar-refractivity contribution in [1.82, 2.24) is 5.32 Å². The summed E-state index contributed by atoms with van der Waals surface area (Å²) in [6, 6.07) is 20.7. The number of esters is 1. The predicted molar refractivity (Wildman–Crippen MR) is 99.5 cm³/mol. The van der Waals surface area contributed by atoms with Crippen LogP contribution in [0.2, 0.25) is 0 Å². The molecular formula is C22H17F2NO3. The van der Waals surface area contributed by atoms with Gasteiger partial charge in [0, 0.05) is 6.07 Å². The van der Waals surface area contributed by atoms with Crippen LogP contribution in [-0.2, 0) is 9.53 Å². The topological polar surface area (TPSA) is 55.4 Å². The summed E-state index contributed by atoms with van der Waals surface area (Å²) in [7, 11) is 0. The minimum atomic E-state index is -1.04. The fourth-order valence-corrected chi connectivity index (χ4v) is 2.72. The van der Waals surface area contributed by atoms with Gasteiger partial charge in [-0.3, -0.25) is 4.79 Å². The minimum Gasteiger partial charge on any atom is -0.452 e. The summed E-state index contributed by atoms with van der Waals surface area (Å²) in [5, 5.41) is 2.81. The van der Waals surface area contributed by atoms with Gasteiger partial charge in [0.25, 0.3) is 5.91 Å². The van der Waals surface area contributed by atoms with Crippen LogP contribution in [0.1, 0.15) is 27.5 Å². The molecule has 0 fully saturated rings. The zero-order valence-electron chi connectivity index (χ0n) is 14.8. The van der Waals surface area contributed by atoms with Gasteiger partial charge in [-0.05, 0) is 23.3 Å². The van der Waals surface area contributed by atoms with E-state index in [2.05, 4.69) is 5.32 Å². The third-order valence-electron chi connectivity index (χ3n) is 4.06. The number of carbonyl (C=O) groups is 2. The monoisotopic (exact) mass is 381 g/mol. The van der Waals surface area contributed by atoms with Crippen molar-refractivity contribution in [2.75, 3.05) is 6.61 Å². The molecule has 0 aromatic heterocycles. The third kappa shape index (κ3) is 4.79. The first kappa shape index (κ1) is 19.2. The first-order valence-corrected chi connectivity index (χ1v) is 8.56. The smallest absolute Gasteiger partial charge is 0.341 e. The standard InChI is InChI=1S/C22H17F2NO3/c23-17-11-12-18(19(24)13-17)22(27)28-14-20(26)25-21(15-7-3-1-4-8-15)16-9-5-2-6-10-16/h1-13,21H,14H2,(H,25,26). The lowest BCUT2D eigenvalue weighted by Gasteiger charge is -2.20. The first-order chi connectivity index (χ1) is 13.5. The number of nitrogens with one attached hydrogen (secondary N) is 1. The third-order valence-corrected chi connectivity index (χ3v) is 4.06. The van der Waals surface area contributed by atoms with Gasteiger partial charge < -0.3 is 10.1 Å². The summed E-state index contributed by atoms with van der Waals surface area (Å²) in [6.07, 6.45) is 0. The number of ether oxygens (including phenoxy) is 1. The Morgan fingerprint density at radius 3 is 1.96 bits per heavy atom. The molecule has 3 aromatic rings. The molecule has 0 aliphatic rings. The quantitative estimate of drug-likeness (QED) is 0.656. The molecule has 0 unspecified atom stereocenters. The van der Waals surface area contributed by atoms with E-state index in [4.69, 9.17) is 4.74 Å². The average Bonchev–Trinajstić information content (AvgIpc) is 2.71. The van der Waals surface area contributed by atoms with Gasteiger partial charge in [-0.2, -0.15) is 0 Å². The van der Waals surface area contributed by atoms with Gasteiger partial charge in [-0.1, -0.05) is 60.7 Å². The van der Waals surface area contributed by atoms with Gasteiger partial charge in [-0.25, -0.2) is 13.6 Å². The van der Waals surface area contributed by atoms with Crippen LogP contribution in [-0.4, -0.2) is 18.5 Å². The van der Waals surface area contributed by atoms with E-state index in [0.29, 0.717) is 6.07 Å². The van der Waals surface area contributed by atoms with Crippen LogP contribution in [0.3, 0.4) is 0 Å². The second kappa shape index (κ2) is 8.90. The number of hydrogen-bond acceptors (Lipinski definition) is 3. The largest absolute Gasteiger partial charge is 0.452 e. The van der Waals surface area contributed by atoms with Crippen LogP contribution in [0.25, 0.3) is 0 Å². The summed E-state index contributed by atoms with van der Waals surface area (Å²) in [4.78, 5) is 24.3. The molecule has 0 radical (unpaired) electrons. The van der Waals surface area contributed by atoms with E-state index in [9.17, 15) is 18.4 Å². The summed E-state index contributed by atoms with van der Waals surface area (Å²) in [6.45, 7) is -0.591. The molecule has 0 saturated carbocycles. The Balaban J connectivity index is 1.68. The molecule has 4 nitrogen and oxygen atoms in total. The molecule has 3 aromatic carbocycles. The molecule has 0 aliphatic carbocycles. The molecule has 1 N–H and O–H groups in total. The van der Waals surface area contributed by atoms with Crippen LogP contribution in [0, 0.1) is 11.6 Å². The van der Waals surface area contributed by atoms with E-state index < -0.39 is 41.7 Å². The Kier molecular flexibility index (Phi) is 6.11. The van der Waals surface area contributed by atoms with Crippen molar-refractivity contribution >= 4 is 11.9 Å². The number of hydrogen-bond donors (Lipinski definition) is 1. The number of amides is 1. The average molecular weight is 381 g/mol. The van der Waals surface area contributed by atoms with Crippen LogP contribution in [0.4, 0.5) is 8.78 Å². The van der Waals surface area contributed by atoms with Crippen molar-refractivity contribution in [3.8, 4) is 0 Å². The highest BCUT2D eigenvalue weighted by atomic mass is 19.1. The summed E-state index contributed by atoms with van der Waals surface area (Å²) in [5.41, 5.74) is 1.28. The van der Waals surface area contributed by atoms with Crippen molar-refractivity contribution in [1.29, 1.82) is 0 Å². The van der Waals surface area contributed by atoms with Gasteiger partial charge >= 0.3 is 5.97 Å². The van der Waals surface area contributed by atoms with Gasteiger partial charge in [0.05, 0.1) is 11.6 Å². The predicted octanol–water partition coefficient (Wildman–Crippen LogP) is 4.03. The zero-order valence-corrected chi connectivity index (χ0v) is 14.8. The molecular weight excluding hydrogens is 364 g/mol. The molecule has 0 heterocycles. The zero-order chi connectivity index (χ0) is 19.9. The Morgan fingerprint density at radius 2 is 1.43 bits per heavy atom. The van der Waals surface area contributed by atoms with E-state index in [0.717, 1.165) is 23.3 Å². The summed E-state index contributed by atoms with van der Waals surface area (Å²) < 4.78 is 31.4. The highest BCUT2D eigenvalue weighted by molar-refractivity contribution is 5.91. The Bertz CT molecular complexity index is 923.